The van der Waals surface area contributed by atoms with Gasteiger partial charge >= 0.3 is 0 Å². The summed E-state index contributed by atoms with van der Waals surface area (Å²) in [5, 5.41) is 0. The number of carbonyl (C=O) groups is 2. The average Bonchev–Trinajstić information content (AvgIpc) is 2.72. The van der Waals surface area contributed by atoms with Gasteiger partial charge in [-0.25, -0.2) is 0 Å². The second-order valence-corrected chi connectivity index (χ2v) is 8.11. The highest BCUT2D eigenvalue weighted by Gasteiger charge is 2.31. The Morgan fingerprint density at radius 3 is 2.54 bits per heavy atom. The zero-order valence-electron chi connectivity index (χ0n) is 17.2. The predicted octanol–water partition coefficient (Wildman–Crippen LogP) is 1.99. The first-order valence-electron chi connectivity index (χ1n) is 10.5. The first kappa shape index (κ1) is 20.8. The molecule has 0 N–H and O–H groups in total. The fraction of sp³-hybridized carbons (Fsp3) is 0.636. The van der Waals surface area contributed by atoms with Crippen LogP contribution in [0, 0.1) is 5.92 Å². The number of ether oxygens (including phenoxy) is 1. The fourth-order valence-electron chi connectivity index (χ4n) is 4.06. The van der Waals surface area contributed by atoms with E-state index < -0.39 is 0 Å². The third kappa shape index (κ3) is 5.55. The maximum Gasteiger partial charge on any atom is 0.237 e. The van der Waals surface area contributed by atoms with Crippen molar-refractivity contribution in [2.75, 3.05) is 45.9 Å². The lowest BCUT2D eigenvalue weighted by atomic mass is 9.96. The number of benzene rings is 1. The van der Waals surface area contributed by atoms with Crippen LogP contribution in [0.15, 0.2) is 30.3 Å². The van der Waals surface area contributed by atoms with Crippen molar-refractivity contribution in [3.05, 3.63) is 35.9 Å². The van der Waals surface area contributed by atoms with Gasteiger partial charge in [-0.2, -0.15) is 0 Å². The lowest BCUT2D eigenvalue weighted by Gasteiger charge is -2.37. The van der Waals surface area contributed by atoms with E-state index in [2.05, 4.69) is 30.9 Å². The highest BCUT2D eigenvalue weighted by molar-refractivity contribution is 5.80. The van der Waals surface area contributed by atoms with Crippen LogP contribution in [0.4, 0.5) is 0 Å². The number of piperidine rings is 1. The topological polar surface area (TPSA) is 53.1 Å². The first-order valence-corrected chi connectivity index (χ1v) is 10.5. The normalized spacial score (nSPS) is 21.0. The summed E-state index contributed by atoms with van der Waals surface area (Å²) in [5.74, 6) is 0.366. The molecule has 2 heterocycles. The summed E-state index contributed by atoms with van der Waals surface area (Å²) in [4.78, 5) is 31.8. The Kier molecular flexibility index (Phi) is 7.45. The maximum atomic E-state index is 13.0. The summed E-state index contributed by atoms with van der Waals surface area (Å²) in [7, 11) is 0. The van der Waals surface area contributed by atoms with E-state index in [1.54, 1.807) is 0 Å². The van der Waals surface area contributed by atoms with Crippen LogP contribution in [0.25, 0.3) is 0 Å². The largest absolute Gasteiger partial charge is 0.378 e. The third-order valence-electron chi connectivity index (χ3n) is 5.68. The van der Waals surface area contributed by atoms with Crippen molar-refractivity contribution in [3.8, 4) is 0 Å². The minimum absolute atomic E-state index is 0.00118. The molecule has 0 radical (unpaired) electrons. The van der Waals surface area contributed by atoms with E-state index >= 15 is 0 Å². The number of likely N-dealkylation sites (tertiary alicyclic amines) is 1. The zero-order valence-corrected chi connectivity index (χ0v) is 17.2. The second-order valence-electron chi connectivity index (χ2n) is 8.11. The Balaban J connectivity index is 1.56. The summed E-state index contributed by atoms with van der Waals surface area (Å²) in [6, 6.07) is 10.3. The Hall–Kier alpha value is -1.92. The minimum Gasteiger partial charge on any atom is -0.378 e. The number of hydrogen-bond acceptors (Lipinski definition) is 4. The van der Waals surface area contributed by atoms with Gasteiger partial charge in [0, 0.05) is 32.2 Å². The highest BCUT2D eigenvalue weighted by Crippen LogP contribution is 2.20. The van der Waals surface area contributed by atoms with Gasteiger partial charge in [0.2, 0.25) is 11.8 Å². The first-order chi connectivity index (χ1) is 13.5. The van der Waals surface area contributed by atoms with Crippen LogP contribution < -0.4 is 0 Å². The van der Waals surface area contributed by atoms with Gasteiger partial charge in [0.15, 0.2) is 0 Å². The number of morpholine rings is 1. The van der Waals surface area contributed by atoms with Gasteiger partial charge in [-0.05, 0) is 38.8 Å². The van der Waals surface area contributed by atoms with Crippen molar-refractivity contribution >= 4 is 11.8 Å². The Labute approximate surface area is 168 Å². The molecular weight excluding hydrogens is 354 g/mol. The number of rotatable bonds is 6. The van der Waals surface area contributed by atoms with Gasteiger partial charge in [0.05, 0.1) is 25.7 Å². The molecule has 0 aromatic heterocycles. The van der Waals surface area contributed by atoms with Gasteiger partial charge in [0.1, 0.15) is 0 Å². The Morgan fingerprint density at radius 2 is 1.86 bits per heavy atom. The van der Waals surface area contributed by atoms with Gasteiger partial charge in [0.25, 0.3) is 0 Å². The molecule has 28 heavy (non-hydrogen) atoms. The van der Waals surface area contributed by atoms with Crippen molar-refractivity contribution in [3.63, 3.8) is 0 Å². The summed E-state index contributed by atoms with van der Waals surface area (Å²) >= 11 is 0. The Bertz CT molecular complexity index is 644. The van der Waals surface area contributed by atoms with Crippen LogP contribution in [-0.4, -0.2) is 78.5 Å². The molecule has 0 saturated carbocycles. The molecule has 0 spiro atoms. The van der Waals surface area contributed by atoms with Crippen molar-refractivity contribution in [1.29, 1.82) is 0 Å². The highest BCUT2D eigenvalue weighted by atomic mass is 16.5. The molecular formula is C22H33N3O3. The quantitative estimate of drug-likeness (QED) is 0.749. The number of carbonyl (C=O) groups excluding carboxylic acids is 2. The monoisotopic (exact) mass is 387 g/mol. The molecule has 154 valence electrons. The molecule has 1 unspecified atom stereocenters. The lowest BCUT2D eigenvalue weighted by molar-refractivity contribution is -0.143. The third-order valence-corrected chi connectivity index (χ3v) is 5.68. The molecule has 1 aromatic rings. The van der Waals surface area contributed by atoms with Crippen molar-refractivity contribution in [2.45, 2.75) is 39.3 Å². The molecule has 6 heteroatoms. The van der Waals surface area contributed by atoms with E-state index in [1.807, 2.05) is 28.0 Å². The number of nitrogens with zero attached hydrogens (tertiary/aromatic N) is 3. The van der Waals surface area contributed by atoms with E-state index in [9.17, 15) is 9.59 Å². The summed E-state index contributed by atoms with van der Waals surface area (Å²) in [6.45, 7) is 9.32. The Morgan fingerprint density at radius 1 is 1.14 bits per heavy atom. The van der Waals surface area contributed by atoms with E-state index in [0.717, 1.165) is 24.9 Å². The molecule has 2 saturated heterocycles. The van der Waals surface area contributed by atoms with Gasteiger partial charge in [-0.1, -0.05) is 30.3 Å². The van der Waals surface area contributed by atoms with Gasteiger partial charge in [-0.3, -0.25) is 14.5 Å². The molecule has 1 aromatic carbocycles. The molecule has 3 rings (SSSR count). The molecule has 2 aliphatic heterocycles. The van der Waals surface area contributed by atoms with Crippen LogP contribution in [0.1, 0.15) is 32.3 Å². The summed E-state index contributed by atoms with van der Waals surface area (Å²) < 4.78 is 5.35. The zero-order chi connectivity index (χ0) is 19.9. The molecule has 6 nitrogen and oxygen atoms in total. The van der Waals surface area contributed by atoms with Gasteiger partial charge in [-0.15, -0.1) is 0 Å². The van der Waals surface area contributed by atoms with Crippen molar-refractivity contribution < 1.29 is 14.3 Å². The van der Waals surface area contributed by atoms with E-state index in [0.29, 0.717) is 45.9 Å². The summed E-state index contributed by atoms with van der Waals surface area (Å²) in [6.07, 6.45) is 1.88. The van der Waals surface area contributed by atoms with Crippen LogP contribution >= 0.6 is 0 Å². The SMILES string of the molecule is CC(C)N(Cc1ccccc1)C(=O)CN1CCCC(C(=O)N2CCOCC2)C1. The smallest absolute Gasteiger partial charge is 0.237 e. The van der Waals surface area contributed by atoms with Crippen molar-refractivity contribution in [1.82, 2.24) is 14.7 Å². The molecule has 2 aliphatic rings. The second kappa shape index (κ2) is 10.0. The molecule has 1 atom stereocenters. The van der Waals surface area contributed by atoms with Crippen LogP contribution in [-0.2, 0) is 20.9 Å². The molecule has 2 amide bonds. The van der Waals surface area contributed by atoms with E-state index in [-0.39, 0.29) is 23.8 Å². The van der Waals surface area contributed by atoms with E-state index in [1.165, 1.54) is 0 Å². The predicted molar refractivity (Wildman–Crippen MR) is 109 cm³/mol. The molecule has 2 fully saturated rings. The molecule has 0 bridgehead atoms. The van der Waals surface area contributed by atoms with Crippen LogP contribution in [0.5, 0.6) is 0 Å². The fourth-order valence-corrected chi connectivity index (χ4v) is 4.06. The maximum absolute atomic E-state index is 13.0. The van der Waals surface area contributed by atoms with Gasteiger partial charge < -0.3 is 14.5 Å². The van der Waals surface area contributed by atoms with E-state index in [4.69, 9.17) is 4.74 Å². The number of hydrogen-bond donors (Lipinski definition) is 0. The van der Waals surface area contributed by atoms with Crippen LogP contribution in [0.2, 0.25) is 0 Å². The lowest BCUT2D eigenvalue weighted by Crippen LogP contribution is -2.50. The number of amides is 2. The average molecular weight is 388 g/mol. The molecule has 0 aliphatic carbocycles. The summed E-state index contributed by atoms with van der Waals surface area (Å²) in [5.41, 5.74) is 1.14. The minimum atomic E-state index is 0.00118. The standard InChI is InChI=1S/C22H33N3O3/c1-18(2)25(15-19-7-4-3-5-8-19)21(26)17-23-10-6-9-20(16-23)22(27)24-11-13-28-14-12-24/h3-5,7-8,18,20H,6,9-17H2,1-2H3. The van der Waals surface area contributed by atoms with Crippen LogP contribution in [0.3, 0.4) is 0 Å². The van der Waals surface area contributed by atoms with Crippen molar-refractivity contribution in [2.24, 2.45) is 5.92 Å².